The minimum absolute atomic E-state index is 0.0280. The lowest BCUT2D eigenvalue weighted by atomic mass is 9.96. The molecule has 1 unspecified atom stereocenters. The summed E-state index contributed by atoms with van der Waals surface area (Å²) in [4.78, 5) is 17.1. The molecule has 1 aliphatic heterocycles. The summed E-state index contributed by atoms with van der Waals surface area (Å²) in [5.74, 6) is 1.95. The maximum absolute atomic E-state index is 12.6. The SMILES string of the molecule is O=C(Nc1ccc2oc(C3CC3)nc2c1)C1COc2ccccc2C1. The zero-order valence-corrected chi connectivity index (χ0v) is 13.7. The number of aromatic nitrogens is 1. The van der Waals surface area contributed by atoms with E-state index < -0.39 is 0 Å². The van der Waals surface area contributed by atoms with Crippen molar-refractivity contribution in [2.75, 3.05) is 11.9 Å². The van der Waals surface area contributed by atoms with Gasteiger partial charge >= 0.3 is 0 Å². The predicted molar refractivity (Wildman–Crippen MR) is 93.7 cm³/mol. The molecule has 1 saturated carbocycles. The van der Waals surface area contributed by atoms with Gasteiger partial charge in [-0.25, -0.2) is 4.98 Å². The molecule has 126 valence electrons. The van der Waals surface area contributed by atoms with Crippen LogP contribution in [0.2, 0.25) is 0 Å². The topological polar surface area (TPSA) is 64.4 Å². The van der Waals surface area contributed by atoms with Crippen molar-refractivity contribution in [3.8, 4) is 5.75 Å². The number of anilines is 1. The van der Waals surface area contributed by atoms with Crippen molar-refractivity contribution in [1.82, 2.24) is 4.98 Å². The first kappa shape index (κ1) is 14.5. The number of carbonyl (C=O) groups excluding carboxylic acids is 1. The third-order valence-electron chi connectivity index (χ3n) is 4.85. The molecule has 25 heavy (non-hydrogen) atoms. The number of para-hydroxylation sites is 1. The fourth-order valence-corrected chi connectivity index (χ4v) is 3.27. The van der Waals surface area contributed by atoms with Crippen molar-refractivity contribution in [3.63, 3.8) is 0 Å². The number of nitrogens with one attached hydrogen (secondary N) is 1. The molecule has 0 bridgehead atoms. The Bertz CT molecular complexity index is 958. The molecule has 1 amide bonds. The molecule has 1 aliphatic carbocycles. The van der Waals surface area contributed by atoms with E-state index in [1.54, 1.807) is 0 Å². The van der Waals surface area contributed by atoms with Gasteiger partial charge in [0.05, 0.1) is 5.92 Å². The van der Waals surface area contributed by atoms with Gasteiger partial charge in [-0.1, -0.05) is 18.2 Å². The molecule has 5 heteroatoms. The summed E-state index contributed by atoms with van der Waals surface area (Å²) in [7, 11) is 0. The zero-order chi connectivity index (χ0) is 16.8. The summed E-state index contributed by atoms with van der Waals surface area (Å²) in [6, 6.07) is 13.5. The molecule has 5 nitrogen and oxygen atoms in total. The van der Waals surface area contributed by atoms with E-state index in [0.29, 0.717) is 18.9 Å². The maximum atomic E-state index is 12.6. The van der Waals surface area contributed by atoms with Crippen LogP contribution in [-0.4, -0.2) is 17.5 Å². The monoisotopic (exact) mass is 334 g/mol. The first-order valence-electron chi connectivity index (χ1n) is 8.68. The third-order valence-corrected chi connectivity index (χ3v) is 4.85. The van der Waals surface area contributed by atoms with Gasteiger partial charge in [-0.2, -0.15) is 0 Å². The standard InChI is InChI=1S/C20H18N2O3/c23-19(14-9-13-3-1-2-4-17(13)24-11-14)21-15-7-8-18-16(10-15)22-20(25-18)12-5-6-12/h1-4,7-8,10,12,14H,5-6,9,11H2,(H,21,23). The molecule has 0 saturated heterocycles. The van der Waals surface area contributed by atoms with E-state index in [0.717, 1.165) is 46.8 Å². The second-order valence-corrected chi connectivity index (χ2v) is 6.82. The van der Waals surface area contributed by atoms with Crippen LogP contribution in [-0.2, 0) is 11.2 Å². The lowest BCUT2D eigenvalue weighted by Gasteiger charge is -2.24. The Balaban J connectivity index is 1.33. The highest BCUT2D eigenvalue weighted by Crippen LogP contribution is 2.40. The molecule has 2 aromatic carbocycles. The van der Waals surface area contributed by atoms with Crippen LogP contribution in [0, 0.1) is 5.92 Å². The Labute approximate surface area is 145 Å². The van der Waals surface area contributed by atoms with Crippen LogP contribution >= 0.6 is 0 Å². The highest BCUT2D eigenvalue weighted by molar-refractivity contribution is 5.94. The van der Waals surface area contributed by atoms with Gasteiger partial charge in [0.15, 0.2) is 11.5 Å². The van der Waals surface area contributed by atoms with E-state index in [1.807, 2.05) is 42.5 Å². The average molecular weight is 334 g/mol. The zero-order valence-electron chi connectivity index (χ0n) is 13.7. The summed E-state index contributed by atoms with van der Waals surface area (Å²) in [6.07, 6.45) is 3.00. The molecular weight excluding hydrogens is 316 g/mol. The van der Waals surface area contributed by atoms with Gasteiger partial charge in [0.1, 0.15) is 17.9 Å². The summed E-state index contributed by atoms with van der Waals surface area (Å²) < 4.78 is 11.5. The minimum Gasteiger partial charge on any atom is -0.492 e. The minimum atomic E-state index is -0.190. The Hall–Kier alpha value is -2.82. The van der Waals surface area contributed by atoms with E-state index >= 15 is 0 Å². The van der Waals surface area contributed by atoms with Crippen molar-refractivity contribution in [3.05, 3.63) is 53.9 Å². The molecule has 5 rings (SSSR count). The Morgan fingerprint density at radius 3 is 2.92 bits per heavy atom. The van der Waals surface area contributed by atoms with Crippen molar-refractivity contribution in [2.45, 2.75) is 25.2 Å². The van der Waals surface area contributed by atoms with Gasteiger partial charge < -0.3 is 14.5 Å². The van der Waals surface area contributed by atoms with E-state index in [1.165, 1.54) is 0 Å². The maximum Gasteiger partial charge on any atom is 0.231 e. The number of carbonyl (C=O) groups is 1. The predicted octanol–water partition coefficient (Wildman–Crippen LogP) is 3.90. The third kappa shape index (κ3) is 2.76. The Morgan fingerprint density at radius 1 is 1.16 bits per heavy atom. The van der Waals surface area contributed by atoms with E-state index in [4.69, 9.17) is 9.15 Å². The van der Waals surface area contributed by atoms with Gasteiger partial charge in [-0.15, -0.1) is 0 Å². The van der Waals surface area contributed by atoms with Gasteiger partial charge in [0.25, 0.3) is 0 Å². The van der Waals surface area contributed by atoms with Crippen molar-refractivity contribution < 1.29 is 13.9 Å². The van der Waals surface area contributed by atoms with Crippen LogP contribution in [0.15, 0.2) is 46.9 Å². The highest BCUT2D eigenvalue weighted by atomic mass is 16.5. The number of nitrogens with zero attached hydrogens (tertiary/aromatic N) is 1. The molecule has 3 aromatic rings. The lowest BCUT2D eigenvalue weighted by molar-refractivity contribution is -0.121. The van der Waals surface area contributed by atoms with Gasteiger partial charge in [-0.3, -0.25) is 4.79 Å². The van der Waals surface area contributed by atoms with Crippen LogP contribution in [0.4, 0.5) is 5.69 Å². The fourth-order valence-electron chi connectivity index (χ4n) is 3.27. The molecule has 1 atom stereocenters. The van der Waals surface area contributed by atoms with Crippen LogP contribution in [0.25, 0.3) is 11.1 Å². The quantitative estimate of drug-likeness (QED) is 0.789. The number of hydrogen-bond acceptors (Lipinski definition) is 4. The number of amides is 1. The smallest absolute Gasteiger partial charge is 0.231 e. The second kappa shape index (κ2) is 5.62. The molecule has 2 heterocycles. The number of oxazole rings is 1. The van der Waals surface area contributed by atoms with Crippen LogP contribution in [0.1, 0.15) is 30.2 Å². The van der Waals surface area contributed by atoms with Crippen LogP contribution in [0.5, 0.6) is 5.75 Å². The van der Waals surface area contributed by atoms with Gasteiger partial charge in [-0.05, 0) is 49.1 Å². The molecule has 0 radical (unpaired) electrons. The van der Waals surface area contributed by atoms with E-state index in [-0.39, 0.29) is 11.8 Å². The molecule has 2 aliphatic rings. The van der Waals surface area contributed by atoms with Crippen molar-refractivity contribution in [1.29, 1.82) is 0 Å². The van der Waals surface area contributed by atoms with Gasteiger partial charge in [0, 0.05) is 11.6 Å². The normalized spacial score (nSPS) is 19.3. The van der Waals surface area contributed by atoms with Crippen molar-refractivity contribution in [2.24, 2.45) is 5.92 Å². The largest absolute Gasteiger partial charge is 0.492 e. The first-order chi connectivity index (χ1) is 12.3. The van der Waals surface area contributed by atoms with Crippen molar-refractivity contribution >= 4 is 22.7 Å². The number of rotatable bonds is 3. The number of benzene rings is 2. The van der Waals surface area contributed by atoms with E-state index in [2.05, 4.69) is 10.3 Å². The number of ether oxygens (including phenoxy) is 1. The molecule has 1 N–H and O–H groups in total. The highest BCUT2D eigenvalue weighted by Gasteiger charge is 2.29. The first-order valence-corrected chi connectivity index (χ1v) is 8.68. The summed E-state index contributed by atoms with van der Waals surface area (Å²) in [5, 5.41) is 2.99. The summed E-state index contributed by atoms with van der Waals surface area (Å²) in [6.45, 7) is 0.404. The summed E-state index contributed by atoms with van der Waals surface area (Å²) in [5.41, 5.74) is 3.39. The molecular formula is C20H18N2O3. The van der Waals surface area contributed by atoms with E-state index in [9.17, 15) is 4.79 Å². The number of fused-ring (bicyclic) bond motifs is 2. The average Bonchev–Trinajstić information content (AvgIpc) is 3.41. The summed E-state index contributed by atoms with van der Waals surface area (Å²) >= 11 is 0. The molecule has 1 fully saturated rings. The molecule has 0 spiro atoms. The fraction of sp³-hybridized carbons (Fsp3) is 0.300. The number of hydrogen-bond donors (Lipinski definition) is 1. The van der Waals surface area contributed by atoms with Crippen LogP contribution < -0.4 is 10.1 Å². The van der Waals surface area contributed by atoms with Crippen LogP contribution in [0.3, 0.4) is 0 Å². The van der Waals surface area contributed by atoms with Gasteiger partial charge in [0.2, 0.25) is 5.91 Å². The Morgan fingerprint density at radius 2 is 2.04 bits per heavy atom. The second-order valence-electron chi connectivity index (χ2n) is 6.82. The molecule has 1 aromatic heterocycles. The lowest BCUT2D eigenvalue weighted by Crippen LogP contribution is -2.32. The Kier molecular flexibility index (Phi) is 3.26.